The Bertz CT molecular complexity index is 1180. The standard InChI is InChI=1S/C13H9.2C7H7.C5H5.2ClH.Si.Zr/c1-3-7-12-10(5-1)9-11-6-2-4-8-13(11)12;2*1-7-5-3-2-4-6-7;1-2-4-5-3-1;;;;/h1-9H;2*2-6H,1H2;1-3H,4H2;2*1H;;/q4*-1;;;;. The van der Waals surface area contributed by atoms with E-state index in [0.717, 1.165) is 17.5 Å². The summed E-state index contributed by atoms with van der Waals surface area (Å²) in [4.78, 5) is 0. The molecule has 0 fully saturated rings. The van der Waals surface area contributed by atoms with Crippen molar-refractivity contribution in [3.8, 4) is 0 Å². The molecule has 0 nitrogen and oxygen atoms in total. The van der Waals surface area contributed by atoms with E-state index >= 15 is 0 Å². The van der Waals surface area contributed by atoms with Gasteiger partial charge in [-0.2, -0.15) is 55.3 Å². The number of fused-ring (bicyclic) bond motifs is 3. The van der Waals surface area contributed by atoms with E-state index in [1.165, 1.54) is 44.9 Å². The third kappa shape index (κ3) is 12.6. The number of allylic oxidation sites excluding steroid dienone is 4. The SMILES string of the molecule is Cl.Cl.[C-]1=CC=CC1.[CH2-]c1ccccc1.[CH2-]c1ccccc1.[Si]=[Zr].c1ccc2c(c1)[cH-]c1ccccc12. The van der Waals surface area contributed by atoms with Gasteiger partial charge >= 0.3 is 30.2 Å². The minimum absolute atomic E-state index is 0. The van der Waals surface area contributed by atoms with Crippen LogP contribution in [-0.4, -0.2) is 6.88 Å². The molecule has 36 heavy (non-hydrogen) atoms. The van der Waals surface area contributed by atoms with Gasteiger partial charge in [0, 0.05) is 0 Å². The first-order chi connectivity index (χ1) is 16.7. The molecule has 0 amide bonds. The number of benzene rings is 4. The molecule has 184 valence electrons. The first-order valence-corrected chi connectivity index (χ1v) is 15.2. The fourth-order valence-corrected chi connectivity index (χ4v) is 3.20. The Balaban J connectivity index is 0.000000464. The van der Waals surface area contributed by atoms with E-state index in [4.69, 9.17) is 0 Å². The van der Waals surface area contributed by atoms with Gasteiger partial charge in [0.05, 0.1) is 0 Å². The van der Waals surface area contributed by atoms with Crippen molar-refractivity contribution in [3.05, 3.63) is 165 Å². The number of rotatable bonds is 0. The fraction of sp³-hybridized carbons (Fsp3) is 0.0312. The van der Waals surface area contributed by atoms with Gasteiger partial charge in [-0.3, -0.25) is 6.08 Å². The molecule has 5 aromatic carbocycles. The normalized spacial score (nSPS) is 9.86. The zero-order valence-electron chi connectivity index (χ0n) is 20.1. The van der Waals surface area contributed by atoms with Crippen LogP contribution in [0.2, 0.25) is 0 Å². The summed E-state index contributed by atoms with van der Waals surface area (Å²) < 4.78 is 0. The fourth-order valence-electron chi connectivity index (χ4n) is 3.20. The van der Waals surface area contributed by atoms with E-state index in [1.54, 1.807) is 0 Å². The van der Waals surface area contributed by atoms with Crippen molar-refractivity contribution in [3.63, 3.8) is 0 Å². The summed E-state index contributed by atoms with van der Waals surface area (Å²) in [5.41, 5.74) is 2.14. The van der Waals surface area contributed by atoms with E-state index in [1.807, 2.05) is 72.8 Å². The number of hydrogen-bond donors (Lipinski definition) is 0. The Morgan fingerprint density at radius 3 is 1.28 bits per heavy atom. The van der Waals surface area contributed by atoms with E-state index in [0.29, 0.717) is 0 Å². The monoisotopic (exact) mass is 602 g/mol. The van der Waals surface area contributed by atoms with Crippen molar-refractivity contribution in [1.82, 2.24) is 0 Å². The van der Waals surface area contributed by atoms with Gasteiger partial charge < -0.3 is 0 Å². The van der Waals surface area contributed by atoms with E-state index < -0.39 is 0 Å². The molecule has 4 heteroatoms. The predicted octanol–water partition coefficient (Wildman–Crippen LogP) is 9.22. The smallest absolute Gasteiger partial charge is 0.0771 e. The molecule has 0 aromatic heterocycles. The molecule has 0 unspecified atom stereocenters. The Morgan fingerprint density at radius 2 is 1.00 bits per heavy atom. The van der Waals surface area contributed by atoms with Crippen LogP contribution in [0.3, 0.4) is 0 Å². The molecule has 0 spiro atoms. The van der Waals surface area contributed by atoms with Crippen LogP contribution in [0.15, 0.2) is 133 Å². The minimum Gasteiger partial charge on any atom is -0.126 e. The van der Waals surface area contributed by atoms with Crippen LogP contribution in [0.1, 0.15) is 17.5 Å². The third-order valence-electron chi connectivity index (χ3n) is 4.79. The van der Waals surface area contributed by atoms with Gasteiger partial charge in [-0.15, -0.1) is 95.2 Å². The van der Waals surface area contributed by atoms with E-state index in [9.17, 15) is 0 Å². The van der Waals surface area contributed by atoms with Crippen LogP contribution in [0, 0.1) is 19.9 Å². The Labute approximate surface area is 245 Å². The maximum Gasteiger partial charge on any atom is -0.0771 e. The second-order valence-corrected chi connectivity index (χ2v) is 7.29. The first-order valence-electron chi connectivity index (χ1n) is 11.0. The van der Waals surface area contributed by atoms with Gasteiger partial charge in [-0.1, -0.05) is 48.5 Å². The van der Waals surface area contributed by atoms with Crippen LogP contribution < -0.4 is 0 Å². The summed E-state index contributed by atoms with van der Waals surface area (Å²) in [7, 11) is 0. The van der Waals surface area contributed by atoms with Crippen LogP contribution in [0.4, 0.5) is 0 Å². The van der Waals surface area contributed by atoms with Crippen LogP contribution in [0.25, 0.3) is 21.5 Å². The summed E-state index contributed by atoms with van der Waals surface area (Å²) in [5.74, 6) is 0. The second kappa shape index (κ2) is 20.8. The van der Waals surface area contributed by atoms with Crippen molar-refractivity contribution in [1.29, 1.82) is 0 Å². The Hall–Kier alpha value is -2.35. The number of halogens is 2. The topological polar surface area (TPSA) is 0 Å². The molecule has 6 rings (SSSR count). The average molecular weight is 605 g/mol. The zero-order chi connectivity index (χ0) is 24.4. The molecule has 1 aliphatic rings. The molecule has 0 atom stereocenters. The third-order valence-corrected chi connectivity index (χ3v) is 4.79. The predicted molar refractivity (Wildman–Crippen MR) is 161 cm³/mol. The van der Waals surface area contributed by atoms with Gasteiger partial charge in [0.1, 0.15) is 0 Å². The summed E-state index contributed by atoms with van der Waals surface area (Å²) >= 11 is 1.36. The maximum atomic E-state index is 3.72. The molecule has 0 N–H and O–H groups in total. The molecule has 1 aliphatic carbocycles. The quantitative estimate of drug-likeness (QED) is 0.122. The van der Waals surface area contributed by atoms with Crippen molar-refractivity contribution in [2.24, 2.45) is 0 Å². The second-order valence-electron chi connectivity index (χ2n) is 7.29. The molecule has 2 radical (unpaired) electrons. The van der Waals surface area contributed by atoms with Crippen LogP contribution in [-0.2, 0) is 23.3 Å². The zero-order valence-corrected chi connectivity index (χ0v) is 25.2. The van der Waals surface area contributed by atoms with Crippen LogP contribution >= 0.6 is 24.8 Å². The molecular weight excluding hydrogens is 575 g/mol. The summed E-state index contributed by atoms with van der Waals surface area (Å²) in [6.45, 7) is 10.5. The Morgan fingerprint density at radius 1 is 0.611 bits per heavy atom. The van der Waals surface area contributed by atoms with E-state index in [-0.39, 0.29) is 24.8 Å². The van der Waals surface area contributed by atoms with Crippen LogP contribution in [0.5, 0.6) is 0 Å². The maximum absolute atomic E-state index is 3.72. The summed E-state index contributed by atoms with van der Waals surface area (Å²) in [6.07, 6.45) is 10.0. The molecule has 0 heterocycles. The molecule has 5 aromatic rings. The van der Waals surface area contributed by atoms with E-state index in [2.05, 4.69) is 87.5 Å². The summed E-state index contributed by atoms with van der Waals surface area (Å²) in [6, 6.07) is 39.0. The van der Waals surface area contributed by atoms with Gasteiger partial charge in [0.15, 0.2) is 0 Å². The Kier molecular flexibility index (Phi) is 19.4. The number of hydrogen-bond acceptors (Lipinski definition) is 0. The van der Waals surface area contributed by atoms with Crippen molar-refractivity contribution in [2.45, 2.75) is 6.42 Å². The molecule has 0 saturated carbocycles. The largest absolute Gasteiger partial charge is 0.126 e. The van der Waals surface area contributed by atoms with Gasteiger partial charge in [0.2, 0.25) is 0 Å². The van der Waals surface area contributed by atoms with Crippen molar-refractivity contribution in [2.75, 3.05) is 0 Å². The average Bonchev–Trinajstić information content (AvgIpc) is 3.59. The van der Waals surface area contributed by atoms with Crippen molar-refractivity contribution < 1.29 is 23.3 Å². The molecule has 0 saturated heterocycles. The molecule has 0 aliphatic heterocycles. The molecule has 0 bridgehead atoms. The summed E-state index contributed by atoms with van der Waals surface area (Å²) in [5, 5.41) is 5.39. The van der Waals surface area contributed by atoms with Gasteiger partial charge in [-0.25, -0.2) is 12.2 Å². The van der Waals surface area contributed by atoms with Gasteiger partial charge in [0.25, 0.3) is 0 Å². The van der Waals surface area contributed by atoms with Crippen molar-refractivity contribution >= 4 is 53.2 Å². The molecular formula is C32H30Cl2SiZr-4. The van der Waals surface area contributed by atoms with Gasteiger partial charge in [-0.05, 0) is 0 Å². The first kappa shape index (κ1) is 33.7. The minimum atomic E-state index is 0.